The molecule has 1 aromatic heterocycles. The van der Waals surface area contributed by atoms with E-state index in [1.165, 1.54) is 17.4 Å². The van der Waals surface area contributed by atoms with Crippen LogP contribution in [-0.4, -0.2) is 8.42 Å². The molecule has 2 aromatic rings. The molecule has 0 aliphatic rings. The predicted molar refractivity (Wildman–Crippen MR) is 77.1 cm³/mol. The van der Waals surface area contributed by atoms with Gasteiger partial charge in [-0.25, -0.2) is 17.2 Å². The Morgan fingerprint density at radius 3 is 2.50 bits per heavy atom. The van der Waals surface area contributed by atoms with Crippen molar-refractivity contribution in [2.75, 3.05) is 4.72 Å². The Balaban J connectivity index is 2.35. The van der Waals surface area contributed by atoms with Crippen LogP contribution >= 0.6 is 27.3 Å². The van der Waals surface area contributed by atoms with E-state index >= 15 is 0 Å². The molecule has 9 heteroatoms. The quantitative estimate of drug-likeness (QED) is 0.853. The first kappa shape index (κ1) is 15.4. The van der Waals surface area contributed by atoms with Gasteiger partial charge in [0, 0.05) is 17.5 Å². The number of rotatable bonds is 4. The zero-order chi connectivity index (χ0) is 14.9. The van der Waals surface area contributed by atoms with Gasteiger partial charge in [-0.15, -0.1) is 11.3 Å². The summed E-state index contributed by atoms with van der Waals surface area (Å²) in [6, 6.07) is 4.19. The first-order valence-corrected chi connectivity index (χ1v) is 8.39. The van der Waals surface area contributed by atoms with Crippen LogP contribution in [0, 0.1) is 11.6 Å². The van der Waals surface area contributed by atoms with Crippen molar-refractivity contribution in [3.05, 3.63) is 44.6 Å². The molecule has 1 heterocycles. The Morgan fingerprint density at radius 1 is 1.25 bits per heavy atom. The largest absolute Gasteiger partial charge is 0.326 e. The fraction of sp³-hybridized carbons (Fsp3) is 0.0909. The number of nitrogens with one attached hydrogen (secondary N) is 1. The molecular formula is C11H9BrF2N2O2S2. The molecule has 0 atom stereocenters. The number of benzene rings is 1. The zero-order valence-corrected chi connectivity index (χ0v) is 13.1. The van der Waals surface area contributed by atoms with Gasteiger partial charge in [0.05, 0.1) is 9.47 Å². The molecule has 0 unspecified atom stereocenters. The molecule has 0 aliphatic heterocycles. The van der Waals surface area contributed by atoms with Crippen LogP contribution in [0.3, 0.4) is 0 Å². The van der Waals surface area contributed by atoms with Crippen LogP contribution in [0.2, 0.25) is 0 Å². The van der Waals surface area contributed by atoms with E-state index in [0.717, 1.165) is 18.2 Å². The van der Waals surface area contributed by atoms with Gasteiger partial charge in [-0.1, -0.05) is 0 Å². The van der Waals surface area contributed by atoms with Crippen molar-refractivity contribution in [2.24, 2.45) is 5.73 Å². The van der Waals surface area contributed by atoms with Gasteiger partial charge in [-0.3, -0.25) is 4.72 Å². The van der Waals surface area contributed by atoms with Crippen molar-refractivity contribution in [3.63, 3.8) is 0 Å². The molecule has 0 saturated carbocycles. The van der Waals surface area contributed by atoms with Crippen molar-refractivity contribution < 1.29 is 17.2 Å². The van der Waals surface area contributed by atoms with Crippen molar-refractivity contribution in [1.29, 1.82) is 0 Å². The summed E-state index contributed by atoms with van der Waals surface area (Å²) in [4.78, 5) is 0.690. The van der Waals surface area contributed by atoms with E-state index in [0.29, 0.717) is 8.66 Å². The average molecular weight is 383 g/mol. The van der Waals surface area contributed by atoms with Crippen LogP contribution in [0.1, 0.15) is 4.88 Å². The van der Waals surface area contributed by atoms with E-state index in [9.17, 15) is 17.2 Å². The van der Waals surface area contributed by atoms with E-state index in [1.54, 1.807) is 0 Å². The normalized spacial score (nSPS) is 11.6. The Kier molecular flexibility index (Phi) is 4.43. The molecule has 0 aliphatic carbocycles. The third-order valence-electron chi connectivity index (χ3n) is 2.37. The summed E-state index contributed by atoms with van der Waals surface area (Å²) >= 11 is 4.34. The van der Waals surface area contributed by atoms with Gasteiger partial charge in [0.2, 0.25) is 0 Å². The predicted octanol–water partition coefficient (Wildman–Crippen LogP) is 3.05. The molecular weight excluding hydrogens is 374 g/mol. The number of hydrogen-bond donors (Lipinski definition) is 2. The van der Waals surface area contributed by atoms with Crippen LogP contribution in [0.5, 0.6) is 0 Å². The lowest BCUT2D eigenvalue weighted by Crippen LogP contribution is -2.13. The highest BCUT2D eigenvalue weighted by Crippen LogP contribution is 2.32. The summed E-state index contributed by atoms with van der Waals surface area (Å²) in [6.07, 6.45) is 0. The second-order valence-electron chi connectivity index (χ2n) is 3.79. The molecule has 0 radical (unpaired) electrons. The lowest BCUT2D eigenvalue weighted by atomic mass is 10.3. The molecule has 1 aromatic carbocycles. The molecule has 0 bridgehead atoms. The van der Waals surface area contributed by atoms with Crippen LogP contribution < -0.4 is 10.5 Å². The monoisotopic (exact) mass is 382 g/mol. The standard InChI is InChI=1S/C11H9BrF2N2O2S2/c12-11-10(4-7(5-15)19-11)20(17,18)16-6-1-2-8(13)9(14)3-6/h1-4,16H,5,15H2. The highest BCUT2D eigenvalue weighted by Gasteiger charge is 2.21. The average Bonchev–Trinajstić information content (AvgIpc) is 2.76. The van der Waals surface area contributed by atoms with Gasteiger partial charge in [0.15, 0.2) is 11.6 Å². The van der Waals surface area contributed by atoms with Crippen molar-refractivity contribution in [2.45, 2.75) is 11.4 Å². The zero-order valence-electron chi connectivity index (χ0n) is 9.86. The highest BCUT2D eigenvalue weighted by molar-refractivity contribution is 9.11. The van der Waals surface area contributed by atoms with Gasteiger partial charge in [-0.2, -0.15) is 0 Å². The van der Waals surface area contributed by atoms with Crippen LogP contribution in [0.25, 0.3) is 0 Å². The number of thiophene rings is 1. The lowest BCUT2D eigenvalue weighted by Gasteiger charge is -2.07. The van der Waals surface area contributed by atoms with E-state index in [4.69, 9.17) is 5.73 Å². The number of anilines is 1. The number of sulfonamides is 1. The summed E-state index contributed by atoms with van der Waals surface area (Å²) in [5, 5.41) is 0. The topological polar surface area (TPSA) is 72.2 Å². The second-order valence-corrected chi connectivity index (χ2v) is 7.89. The minimum atomic E-state index is -3.89. The van der Waals surface area contributed by atoms with Crippen molar-refractivity contribution in [3.8, 4) is 0 Å². The molecule has 3 N–H and O–H groups in total. The van der Waals surface area contributed by atoms with Crippen LogP contribution in [0.15, 0.2) is 32.9 Å². The minimum absolute atomic E-state index is 0.00711. The van der Waals surface area contributed by atoms with E-state index in [-0.39, 0.29) is 17.1 Å². The Hall–Kier alpha value is -1.03. The lowest BCUT2D eigenvalue weighted by molar-refractivity contribution is 0.509. The molecule has 20 heavy (non-hydrogen) atoms. The smallest absolute Gasteiger partial charge is 0.263 e. The van der Waals surface area contributed by atoms with Crippen LogP contribution in [-0.2, 0) is 16.6 Å². The van der Waals surface area contributed by atoms with E-state index in [1.807, 2.05) is 0 Å². The molecule has 0 fully saturated rings. The SMILES string of the molecule is NCc1cc(S(=O)(=O)Nc2ccc(F)c(F)c2)c(Br)s1. The molecule has 2 rings (SSSR count). The number of nitrogens with two attached hydrogens (primary N) is 1. The number of hydrogen-bond acceptors (Lipinski definition) is 4. The van der Waals surface area contributed by atoms with Crippen LogP contribution in [0.4, 0.5) is 14.5 Å². The minimum Gasteiger partial charge on any atom is -0.326 e. The Labute approximate surface area is 126 Å². The molecule has 0 saturated heterocycles. The fourth-order valence-electron chi connectivity index (χ4n) is 1.45. The summed E-state index contributed by atoms with van der Waals surface area (Å²) in [5.41, 5.74) is 5.39. The maximum absolute atomic E-state index is 13.1. The summed E-state index contributed by atoms with van der Waals surface area (Å²) in [7, 11) is -3.89. The van der Waals surface area contributed by atoms with E-state index < -0.39 is 21.7 Å². The van der Waals surface area contributed by atoms with Gasteiger partial charge in [0.25, 0.3) is 10.0 Å². The third-order valence-corrected chi connectivity index (χ3v) is 6.02. The van der Waals surface area contributed by atoms with Crippen molar-refractivity contribution in [1.82, 2.24) is 0 Å². The molecule has 4 nitrogen and oxygen atoms in total. The first-order chi connectivity index (χ1) is 9.33. The summed E-state index contributed by atoms with van der Waals surface area (Å²) < 4.78 is 52.7. The van der Waals surface area contributed by atoms with Gasteiger partial charge < -0.3 is 5.73 Å². The fourth-order valence-corrected chi connectivity index (χ4v) is 5.06. The Bertz CT molecular complexity index is 747. The summed E-state index contributed by atoms with van der Waals surface area (Å²) in [5.74, 6) is -2.17. The summed E-state index contributed by atoms with van der Waals surface area (Å²) in [6.45, 7) is 0.212. The maximum atomic E-state index is 13.1. The first-order valence-electron chi connectivity index (χ1n) is 5.29. The van der Waals surface area contributed by atoms with Gasteiger partial charge in [-0.05, 0) is 34.1 Å². The molecule has 108 valence electrons. The second kappa shape index (κ2) is 5.76. The maximum Gasteiger partial charge on any atom is 0.263 e. The third kappa shape index (κ3) is 3.17. The van der Waals surface area contributed by atoms with Gasteiger partial charge >= 0.3 is 0 Å². The Morgan fingerprint density at radius 2 is 1.95 bits per heavy atom. The highest BCUT2D eigenvalue weighted by atomic mass is 79.9. The van der Waals surface area contributed by atoms with Crippen molar-refractivity contribution >= 4 is 43.0 Å². The molecule has 0 spiro atoms. The number of halogens is 3. The van der Waals surface area contributed by atoms with Gasteiger partial charge in [0.1, 0.15) is 4.90 Å². The van der Waals surface area contributed by atoms with E-state index in [2.05, 4.69) is 20.7 Å². The molecule has 0 amide bonds.